The maximum atomic E-state index is 10.3. The highest BCUT2D eigenvalue weighted by Crippen LogP contribution is 2.14. The van der Waals surface area contributed by atoms with Crippen LogP contribution in [0.1, 0.15) is 5.56 Å². The number of ether oxygens (including phenoxy) is 1. The highest BCUT2D eigenvalue weighted by molar-refractivity contribution is 6.27. The minimum atomic E-state index is -0.452. The molecule has 1 aromatic rings. The number of carbonyl (C=O) groups excluding carboxylic acids is 1. The lowest BCUT2D eigenvalue weighted by molar-refractivity contribution is -0.107. The molecule has 0 radical (unpaired) electrons. The standard InChI is InChI=1S/C10H11ClO2/c1-13-10-4-2-3-8(6-10)5-9(11)7-12/h2-4,6-7,9H,5H2,1H3. The summed E-state index contributed by atoms with van der Waals surface area (Å²) in [6.45, 7) is 0. The van der Waals surface area contributed by atoms with Gasteiger partial charge in [-0.3, -0.25) is 0 Å². The molecule has 0 amide bonds. The van der Waals surface area contributed by atoms with E-state index in [9.17, 15) is 4.79 Å². The van der Waals surface area contributed by atoms with E-state index in [1.807, 2.05) is 24.3 Å². The summed E-state index contributed by atoms with van der Waals surface area (Å²) in [6, 6.07) is 7.52. The largest absolute Gasteiger partial charge is 0.497 e. The summed E-state index contributed by atoms with van der Waals surface area (Å²) in [5.74, 6) is 0.785. The van der Waals surface area contributed by atoms with E-state index in [4.69, 9.17) is 16.3 Å². The van der Waals surface area contributed by atoms with E-state index in [2.05, 4.69) is 0 Å². The van der Waals surface area contributed by atoms with E-state index in [1.54, 1.807) is 7.11 Å². The molecule has 0 heterocycles. The molecule has 0 aliphatic carbocycles. The fraction of sp³-hybridized carbons (Fsp3) is 0.300. The predicted molar refractivity (Wildman–Crippen MR) is 52.4 cm³/mol. The molecule has 0 spiro atoms. The number of alkyl halides is 1. The second-order valence-corrected chi connectivity index (χ2v) is 3.27. The molecule has 0 aliphatic heterocycles. The van der Waals surface area contributed by atoms with Crippen molar-refractivity contribution in [3.8, 4) is 5.75 Å². The molecule has 0 bridgehead atoms. The SMILES string of the molecule is COc1cccc(CC(Cl)C=O)c1. The van der Waals surface area contributed by atoms with Gasteiger partial charge in [0.2, 0.25) is 0 Å². The van der Waals surface area contributed by atoms with Crippen LogP contribution in [0, 0.1) is 0 Å². The molecule has 0 fully saturated rings. The van der Waals surface area contributed by atoms with E-state index in [-0.39, 0.29) is 0 Å². The zero-order chi connectivity index (χ0) is 9.68. The van der Waals surface area contributed by atoms with Crippen molar-refractivity contribution in [1.82, 2.24) is 0 Å². The van der Waals surface area contributed by atoms with Gasteiger partial charge in [-0.1, -0.05) is 12.1 Å². The minimum absolute atomic E-state index is 0.452. The lowest BCUT2D eigenvalue weighted by Gasteiger charge is -2.04. The van der Waals surface area contributed by atoms with Gasteiger partial charge >= 0.3 is 0 Å². The molecular weight excluding hydrogens is 188 g/mol. The van der Waals surface area contributed by atoms with Crippen LogP contribution in [0.15, 0.2) is 24.3 Å². The summed E-state index contributed by atoms with van der Waals surface area (Å²) in [4.78, 5) is 10.3. The van der Waals surface area contributed by atoms with Gasteiger partial charge < -0.3 is 9.53 Å². The van der Waals surface area contributed by atoms with Crippen molar-refractivity contribution in [2.45, 2.75) is 11.8 Å². The number of benzene rings is 1. The van der Waals surface area contributed by atoms with Crippen LogP contribution in [-0.4, -0.2) is 18.8 Å². The lowest BCUT2D eigenvalue weighted by Crippen LogP contribution is -2.04. The van der Waals surface area contributed by atoms with Crippen LogP contribution >= 0.6 is 11.6 Å². The second kappa shape index (κ2) is 4.87. The summed E-state index contributed by atoms with van der Waals surface area (Å²) < 4.78 is 5.04. The summed E-state index contributed by atoms with van der Waals surface area (Å²) in [5, 5.41) is -0.452. The van der Waals surface area contributed by atoms with Crippen molar-refractivity contribution in [3.05, 3.63) is 29.8 Å². The van der Waals surface area contributed by atoms with Gasteiger partial charge in [0.1, 0.15) is 12.0 Å². The molecule has 0 aromatic heterocycles. The topological polar surface area (TPSA) is 26.3 Å². The Balaban J connectivity index is 2.71. The monoisotopic (exact) mass is 198 g/mol. The molecule has 2 nitrogen and oxygen atoms in total. The van der Waals surface area contributed by atoms with Gasteiger partial charge in [0.25, 0.3) is 0 Å². The highest BCUT2D eigenvalue weighted by Gasteiger charge is 2.04. The van der Waals surface area contributed by atoms with E-state index in [0.717, 1.165) is 17.6 Å². The van der Waals surface area contributed by atoms with Crippen LogP contribution in [-0.2, 0) is 11.2 Å². The normalized spacial score (nSPS) is 12.2. The molecule has 1 aromatic carbocycles. The maximum Gasteiger partial charge on any atom is 0.138 e. The Hall–Kier alpha value is -1.02. The molecular formula is C10H11ClO2. The minimum Gasteiger partial charge on any atom is -0.497 e. The highest BCUT2D eigenvalue weighted by atomic mass is 35.5. The zero-order valence-electron chi connectivity index (χ0n) is 7.37. The average molecular weight is 199 g/mol. The summed E-state index contributed by atoms with van der Waals surface area (Å²) in [7, 11) is 1.61. The van der Waals surface area contributed by atoms with Gasteiger partial charge in [-0.2, -0.15) is 0 Å². The number of halogens is 1. The lowest BCUT2D eigenvalue weighted by atomic mass is 10.1. The molecule has 1 unspecified atom stereocenters. The molecule has 3 heteroatoms. The predicted octanol–water partition coefficient (Wildman–Crippen LogP) is 2.04. The molecule has 70 valence electrons. The van der Waals surface area contributed by atoms with Crippen LogP contribution in [0.5, 0.6) is 5.75 Å². The number of hydrogen-bond acceptors (Lipinski definition) is 2. The zero-order valence-corrected chi connectivity index (χ0v) is 8.12. The molecule has 0 N–H and O–H groups in total. The van der Waals surface area contributed by atoms with Gasteiger partial charge in [0, 0.05) is 0 Å². The first-order valence-electron chi connectivity index (χ1n) is 3.98. The quantitative estimate of drug-likeness (QED) is 0.547. The van der Waals surface area contributed by atoms with E-state index in [1.165, 1.54) is 0 Å². The molecule has 1 atom stereocenters. The van der Waals surface area contributed by atoms with Crippen molar-refractivity contribution >= 4 is 17.9 Å². The Morgan fingerprint density at radius 1 is 1.62 bits per heavy atom. The fourth-order valence-electron chi connectivity index (χ4n) is 1.07. The Labute approximate surface area is 82.5 Å². The van der Waals surface area contributed by atoms with Gasteiger partial charge in [0.15, 0.2) is 0 Å². The maximum absolute atomic E-state index is 10.3. The summed E-state index contributed by atoms with van der Waals surface area (Å²) in [6.07, 6.45) is 1.28. The van der Waals surface area contributed by atoms with Crippen molar-refractivity contribution in [2.24, 2.45) is 0 Å². The third kappa shape index (κ3) is 3.07. The Bertz CT molecular complexity index is 286. The van der Waals surface area contributed by atoms with Crippen LogP contribution in [0.25, 0.3) is 0 Å². The van der Waals surface area contributed by atoms with Crippen LogP contribution in [0.2, 0.25) is 0 Å². The first-order valence-corrected chi connectivity index (χ1v) is 4.42. The van der Waals surface area contributed by atoms with Crippen molar-refractivity contribution in [3.63, 3.8) is 0 Å². The number of methoxy groups -OCH3 is 1. The second-order valence-electron chi connectivity index (χ2n) is 2.71. The third-order valence-corrected chi connectivity index (χ3v) is 1.97. The number of hydrogen-bond donors (Lipinski definition) is 0. The summed E-state index contributed by atoms with van der Waals surface area (Å²) >= 11 is 5.69. The third-order valence-electron chi connectivity index (χ3n) is 1.71. The molecule has 0 aliphatic rings. The first-order chi connectivity index (χ1) is 6.26. The Morgan fingerprint density at radius 2 is 2.38 bits per heavy atom. The van der Waals surface area contributed by atoms with Crippen molar-refractivity contribution < 1.29 is 9.53 Å². The first kappa shape index (κ1) is 10.1. The van der Waals surface area contributed by atoms with E-state index < -0.39 is 5.38 Å². The molecule has 1 rings (SSSR count). The van der Waals surface area contributed by atoms with Crippen LogP contribution < -0.4 is 4.74 Å². The van der Waals surface area contributed by atoms with Gasteiger partial charge in [-0.05, 0) is 24.1 Å². The number of rotatable bonds is 4. The average Bonchev–Trinajstić information content (AvgIpc) is 2.18. The van der Waals surface area contributed by atoms with Crippen LogP contribution in [0.4, 0.5) is 0 Å². The smallest absolute Gasteiger partial charge is 0.138 e. The Morgan fingerprint density at radius 3 is 3.00 bits per heavy atom. The number of aldehydes is 1. The fourth-order valence-corrected chi connectivity index (χ4v) is 1.25. The van der Waals surface area contributed by atoms with Crippen molar-refractivity contribution in [1.29, 1.82) is 0 Å². The Kier molecular flexibility index (Phi) is 3.77. The van der Waals surface area contributed by atoms with Gasteiger partial charge in [-0.15, -0.1) is 11.6 Å². The van der Waals surface area contributed by atoms with Gasteiger partial charge in [0.05, 0.1) is 12.5 Å². The van der Waals surface area contributed by atoms with Crippen LogP contribution in [0.3, 0.4) is 0 Å². The van der Waals surface area contributed by atoms with Gasteiger partial charge in [-0.25, -0.2) is 0 Å². The number of carbonyl (C=O) groups is 1. The molecule has 0 saturated heterocycles. The molecule has 0 saturated carbocycles. The van der Waals surface area contributed by atoms with E-state index in [0.29, 0.717) is 6.42 Å². The van der Waals surface area contributed by atoms with Crippen molar-refractivity contribution in [2.75, 3.05) is 7.11 Å². The molecule has 13 heavy (non-hydrogen) atoms. The van der Waals surface area contributed by atoms with E-state index >= 15 is 0 Å². The summed E-state index contributed by atoms with van der Waals surface area (Å²) in [5.41, 5.74) is 1.01.